The van der Waals surface area contributed by atoms with Gasteiger partial charge in [-0.15, -0.1) is 0 Å². The van der Waals surface area contributed by atoms with Gasteiger partial charge in [-0.05, 0) is 18.4 Å². The molecule has 0 radical (unpaired) electrons. The molecule has 2 heteroatoms. The summed E-state index contributed by atoms with van der Waals surface area (Å²) in [4.78, 5) is 12.4. The fourth-order valence-electron chi connectivity index (χ4n) is 2.45. The molecule has 2 aromatic carbocycles. The number of hydrogen-bond donors (Lipinski definition) is 1. The zero-order valence-electron chi connectivity index (χ0n) is 11.7. The van der Waals surface area contributed by atoms with Crippen LogP contribution in [0.4, 0.5) is 0 Å². The molecule has 0 spiro atoms. The van der Waals surface area contributed by atoms with Crippen molar-refractivity contribution in [3.05, 3.63) is 71.8 Å². The number of hydrogen-bond acceptors (Lipinski definition) is 2. The van der Waals surface area contributed by atoms with E-state index in [1.807, 2.05) is 55.5 Å². The van der Waals surface area contributed by atoms with Crippen molar-refractivity contribution in [1.82, 2.24) is 0 Å². The first-order valence-corrected chi connectivity index (χ1v) is 7.03. The highest BCUT2D eigenvalue weighted by atomic mass is 16.3. The predicted molar refractivity (Wildman–Crippen MR) is 80.7 cm³/mol. The standard InChI is InChI=1S/C18H20O2/c1-2-16(18(20)15-11-7-4-8-12-15)17(19)13-14-9-5-3-6-10-14/h3-12,16-17,19H,2,13H2,1H3/t16-,17+/m1/s1. The Hall–Kier alpha value is -1.93. The first-order chi connectivity index (χ1) is 9.72. The molecule has 0 aliphatic heterocycles. The third-order valence-corrected chi connectivity index (χ3v) is 3.59. The summed E-state index contributed by atoms with van der Waals surface area (Å²) in [5, 5.41) is 10.4. The SMILES string of the molecule is CC[C@@H](C(=O)c1ccccc1)[C@@H](O)Cc1ccccc1. The van der Waals surface area contributed by atoms with E-state index in [1.54, 1.807) is 12.1 Å². The molecule has 0 saturated heterocycles. The van der Waals surface area contributed by atoms with E-state index in [0.717, 1.165) is 5.56 Å². The molecule has 0 aliphatic rings. The van der Waals surface area contributed by atoms with Crippen LogP contribution in [0.3, 0.4) is 0 Å². The van der Waals surface area contributed by atoms with Gasteiger partial charge in [0.25, 0.3) is 0 Å². The Bertz CT molecular complexity index is 534. The van der Waals surface area contributed by atoms with Crippen LogP contribution in [0.1, 0.15) is 29.3 Å². The monoisotopic (exact) mass is 268 g/mol. The van der Waals surface area contributed by atoms with Crippen LogP contribution in [0.15, 0.2) is 60.7 Å². The summed E-state index contributed by atoms with van der Waals surface area (Å²) in [5.74, 6) is -0.325. The first-order valence-electron chi connectivity index (χ1n) is 7.03. The van der Waals surface area contributed by atoms with Crippen LogP contribution < -0.4 is 0 Å². The van der Waals surface area contributed by atoms with E-state index in [-0.39, 0.29) is 11.7 Å². The predicted octanol–water partition coefficient (Wildman–Crippen LogP) is 3.50. The van der Waals surface area contributed by atoms with E-state index >= 15 is 0 Å². The highest BCUT2D eigenvalue weighted by Gasteiger charge is 2.25. The lowest BCUT2D eigenvalue weighted by Gasteiger charge is -2.20. The molecule has 0 heterocycles. The fraction of sp³-hybridized carbons (Fsp3) is 0.278. The Kier molecular flexibility index (Phi) is 5.08. The highest BCUT2D eigenvalue weighted by molar-refractivity contribution is 5.98. The van der Waals surface area contributed by atoms with E-state index in [4.69, 9.17) is 0 Å². The Balaban J connectivity index is 2.10. The maximum Gasteiger partial charge on any atom is 0.168 e. The molecule has 2 nitrogen and oxygen atoms in total. The zero-order chi connectivity index (χ0) is 14.4. The van der Waals surface area contributed by atoms with Crippen LogP contribution >= 0.6 is 0 Å². The number of Topliss-reactive ketones (excluding diaryl/α,β-unsaturated/α-hetero) is 1. The lowest BCUT2D eigenvalue weighted by molar-refractivity contribution is 0.0671. The second-order valence-electron chi connectivity index (χ2n) is 5.00. The minimum atomic E-state index is -0.643. The largest absolute Gasteiger partial charge is 0.392 e. The number of ketones is 1. The van der Waals surface area contributed by atoms with E-state index < -0.39 is 6.10 Å². The van der Waals surface area contributed by atoms with Crippen LogP contribution in [0.2, 0.25) is 0 Å². The van der Waals surface area contributed by atoms with Crippen molar-refractivity contribution in [3.8, 4) is 0 Å². The zero-order valence-corrected chi connectivity index (χ0v) is 11.7. The second-order valence-corrected chi connectivity index (χ2v) is 5.00. The number of benzene rings is 2. The van der Waals surface area contributed by atoms with Crippen LogP contribution in [-0.4, -0.2) is 17.0 Å². The average Bonchev–Trinajstić information content (AvgIpc) is 2.49. The molecule has 0 aromatic heterocycles. The lowest BCUT2D eigenvalue weighted by atomic mass is 9.87. The van der Waals surface area contributed by atoms with Gasteiger partial charge < -0.3 is 5.11 Å². The molecule has 2 aromatic rings. The maximum absolute atomic E-state index is 12.4. The van der Waals surface area contributed by atoms with E-state index in [9.17, 15) is 9.90 Å². The van der Waals surface area contributed by atoms with Gasteiger partial charge in [-0.3, -0.25) is 4.79 Å². The third-order valence-electron chi connectivity index (χ3n) is 3.59. The van der Waals surface area contributed by atoms with E-state index in [1.165, 1.54) is 0 Å². The molecule has 20 heavy (non-hydrogen) atoms. The van der Waals surface area contributed by atoms with E-state index in [2.05, 4.69) is 0 Å². The molecule has 0 bridgehead atoms. The summed E-state index contributed by atoms with van der Waals surface area (Å²) in [6.45, 7) is 1.94. The summed E-state index contributed by atoms with van der Waals surface area (Å²) in [7, 11) is 0. The van der Waals surface area contributed by atoms with Gasteiger partial charge in [-0.1, -0.05) is 67.6 Å². The fourth-order valence-corrected chi connectivity index (χ4v) is 2.45. The molecule has 0 saturated carbocycles. The molecule has 2 rings (SSSR count). The maximum atomic E-state index is 12.4. The number of aliphatic hydroxyl groups is 1. The van der Waals surface area contributed by atoms with Crippen molar-refractivity contribution >= 4 is 5.78 Å². The van der Waals surface area contributed by atoms with Crippen LogP contribution in [0.5, 0.6) is 0 Å². The Labute approximate surface area is 120 Å². The summed E-state index contributed by atoms with van der Waals surface area (Å²) in [6.07, 6.45) is 0.509. The number of rotatable bonds is 6. The lowest BCUT2D eigenvalue weighted by Crippen LogP contribution is -2.29. The van der Waals surface area contributed by atoms with Crippen molar-refractivity contribution in [3.63, 3.8) is 0 Å². The van der Waals surface area contributed by atoms with Crippen molar-refractivity contribution in [2.75, 3.05) is 0 Å². The van der Waals surface area contributed by atoms with Gasteiger partial charge in [0.2, 0.25) is 0 Å². The van der Waals surface area contributed by atoms with Crippen molar-refractivity contribution in [1.29, 1.82) is 0 Å². The molecule has 104 valence electrons. The summed E-state index contributed by atoms with van der Waals surface area (Å²) < 4.78 is 0. The molecule has 0 fully saturated rings. The second kappa shape index (κ2) is 7.01. The van der Waals surface area contributed by atoms with Gasteiger partial charge >= 0.3 is 0 Å². The topological polar surface area (TPSA) is 37.3 Å². The van der Waals surface area contributed by atoms with Crippen molar-refractivity contribution in [2.45, 2.75) is 25.9 Å². The van der Waals surface area contributed by atoms with Crippen molar-refractivity contribution < 1.29 is 9.90 Å². The third kappa shape index (κ3) is 3.55. The normalized spacial score (nSPS) is 13.7. The Morgan fingerprint density at radius 3 is 2.10 bits per heavy atom. The minimum absolute atomic E-state index is 0.0246. The van der Waals surface area contributed by atoms with Crippen LogP contribution in [0.25, 0.3) is 0 Å². The van der Waals surface area contributed by atoms with Gasteiger partial charge in [-0.25, -0.2) is 0 Å². The molecular formula is C18H20O2. The molecule has 0 amide bonds. The van der Waals surface area contributed by atoms with Crippen LogP contribution in [0, 0.1) is 5.92 Å². The van der Waals surface area contributed by atoms with Gasteiger partial charge in [0.15, 0.2) is 5.78 Å². The Morgan fingerprint density at radius 2 is 1.55 bits per heavy atom. The molecule has 0 aliphatic carbocycles. The number of carbonyl (C=O) groups is 1. The highest BCUT2D eigenvalue weighted by Crippen LogP contribution is 2.19. The molecule has 2 atom stereocenters. The smallest absolute Gasteiger partial charge is 0.168 e. The first kappa shape index (κ1) is 14.5. The molecule has 0 unspecified atom stereocenters. The summed E-state index contributed by atoms with van der Waals surface area (Å²) in [6, 6.07) is 19.0. The summed E-state index contributed by atoms with van der Waals surface area (Å²) >= 11 is 0. The summed E-state index contributed by atoms with van der Waals surface area (Å²) in [5.41, 5.74) is 1.73. The van der Waals surface area contributed by atoms with Gasteiger partial charge in [0.05, 0.1) is 6.10 Å². The quantitative estimate of drug-likeness (QED) is 0.814. The van der Waals surface area contributed by atoms with Crippen molar-refractivity contribution in [2.24, 2.45) is 5.92 Å². The number of aliphatic hydroxyl groups excluding tert-OH is 1. The number of carbonyl (C=O) groups excluding carboxylic acids is 1. The van der Waals surface area contributed by atoms with Gasteiger partial charge in [0, 0.05) is 11.5 Å². The minimum Gasteiger partial charge on any atom is -0.392 e. The van der Waals surface area contributed by atoms with E-state index in [0.29, 0.717) is 18.4 Å². The molecular weight excluding hydrogens is 248 g/mol. The Morgan fingerprint density at radius 1 is 1.00 bits per heavy atom. The van der Waals surface area contributed by atoms with Gasteiger partial charge in [0.1, 0.15) is 0 Å². The molecule has 1 N–H and O–H groups in total. The van der Waals surface area contributed by atoms with Gasteiger partial charge in [-0.2, -0.15) is 0 Å². The average molecular weight is 268 g/mol. The van der Waals surface area contributed by atoms with Crippen LogP contribution in [-0.2, 0) is 6.42 Å².